The molecule has 1 amide bonds. The highest BCUT2D eigenvalue weighted by atomic mass is 35.5. The number of ether oxygens (including phenoxy) is 1. The van der Waals surface area contributed by atoms with Crippen LogP contribution in [0.5, 0.6) is 0 Å². The van der Waals surface area contributed by atoms with Gasteiger partial charge in [-0.25, -0.2) is 0 Å². The van der Waals surface area contributed by atoms with E-state index in [2.05, 4.69) is 15.1 Å². The zero-order valence-electron chi connectivity index (χ0n) is 19.8. The fourth-order valence-corrected chi connectivity index (χ4v) is 4.95. The number of carbonyl (C=O) groups excluding carboxylic acids is 2. The normalized spacial score (nSPS) is 15.5. The molecule has 186 valence electrons. The highest BCUT2D eigenvalue weighted by Gasteiger charge is 2.23. The van der Waals surface area contributed by atoms with Crippen LogP contribution in [0.2, 0.25) is 10.0 Å². The molecule has 2 aromatic carbocycles. The van der Waals surface area contributed by atoms with Gasteiger partial charge in [0.2, 0.25) is 0 Å². The largest absolute Gasteiger partial charge is 0.378 e. The Kier molecular flexibility index (Phi) is 7.51. The molecule has 36 heavy (non-hydrogen) atoms. The number of morpholine rings is 1. The molecular formula is C27H26Cl2N4O3. The molecule has 5 rings (SSSR count). The Balaban J connectivity index is 1.29. The number of aromatic nitrogens is 2. The van der Waals surface area contributed by atoms with Crippen LogP contribution in [0.1, 0.15) is 44.1 Å². The Morgan fingerprint density at radius 2 is 1.72 bits per heavy atom. The first kappa shape index (κ1) is 24.7. The standard InChI is InChI=1S/C27H26Cl2N4O3/c28-21-7-8-22(29)20(15-21)17-33-9-1-2-23-25(33)16-24(31-30-23)26(34)14-18-3-5-19(6-4-18)27(35)32-10-12-36-13-11-32/h3-8,15-16H,1-2,9-14,17H2. The van der Waals surface area contributed by atoms with Crippen LogP contribution in [0.15, 0.2) is 48.5 Å². The monoisotopic (exact) mass is 524 g/mol. The van der Waals surface area contributed by atoms with Gasteiger partial charge in [0.1, 0.15) is 5.69 Å². The zero-order valence-corrected chi connectivity index (χ0v) is 21.3. The molecule has 0 radical (unpaired) electrons. The summed E-state index contributed by atoms with van der Waals surface area (Å²) in [6.07, 6.45) is 1.94. The van der Waals surface area contributed by atoms with Crippen molar-refractivity contribution in [2.24, 2.45) is 0 Å². The second-order valence-corrected chi connectivity index (χ2v) is 9.87. The average Bonchev–Trinajstić information content (AvgIpc) is 2.91. The number of Topliss-reactive ketones (excluding diaryl/α,β-unsaturated/α-hetero) is 1. The minimum absolute atomic E-state index is 0.0170. The first-order valence-corrected chi connectivity index (χ1v) is 12.8. The van der Waals surface area contributed by atoms with E-state index < -0.39 is 0 Å². The SMILES string of the molecule is O=C(Cc1ccc(C(=O)N2CCOCC2)cc1)c1cc2c(nn1)CCCN2Cc1cc(Cl)ccc1Cl. The minimum Gasteiger partial charge on any atom is -0.378 e. The van der Waals surface area contributed by atoms with Crippen LogP contribution in [0.25, 0.3) is 0 Å². The number of benzene rings is 2. The molecule has 7 nitrogen and oxygen atoms in total. The molecule has 0 unspecified atom stereocenters. The molecule has 3 heterocycles. The molecule has 9 heteroatoms. The van der Waals surface area contributed by atoms with E-state index in [1.165, 1.54) is 0 Å². The van der Waals surface area contributed by atoms with Gasteiger partial charge in [0, 0.05) is 48.2 Å². The molecule has 0 N–H and O–H groups in total. The van der Waals surface area contributed by atoms with Crippen LogP contribution < -0.4 is 4.90 Å². The van der Waals surface area contributed by atoms with Gasteiger partial charge in [0.15, 0.2) is 5.78 Å². The van der Waals surface area contributed by atoms with Crippen molar-refractivity contribution in [3.05, 3.63) is 86.7 Å². The molecule has 0 bridgehead atoms. The molecule has 1 fully saturated rings. The van der Waals surface area contributed by atoms with Crippen molar-refractivity contribution in [2.75, 3.05) is 37.7 Å². The molecule has 3 aromatic rings. The Morgan fingerprint density at radius 3 is 2.50 bits per heavy atom. The fourth-order valence-electron chi connectivity index (χ4n) is 4.58. The van der Waals surface area contributed by atoms with E-state index in [-0.39, 0.29) is 18.1 Å². The van der Waals surface area contributed by atoms with E-state index in [9.17, 15) is 9.59 Å². The van der Waals surface area contributed by atoms with Gasteiger partial charge in [-0.2, -0.15) is 5.10 Å². The number of halogens is 2. The number of ketones is 1. The minimum atomic E-state index is -0.121. The van der Waals surface area contributed by atoms with Crippen molar-refractivity contribution in [1.29, 1.82) is 0 Å². The number of fused-ring (bicyclic) bond motifs is 1. The van der Waals surface area contributed by atoms with E-state index in [0.29, 0.717) is 54.2 Å². The maximum Gasteiger partial charge on any atom is 0.254 e. The Labute approximate surface area is 220 Å². The van der Waals surface area contributed by atoms with Gasteiger partial charge in [-0.1, -0.05) is 35.3 Å². The van der Waals surface area contributed by atoms with E-state index in [4.69, 9.17) is 27.9 Å². The topological polar surface area (TPSA) is 75.6 Å². The van der Waals surface area contributed by atoms with Gasteiger partial charge in [0.25, 0.3) is 5.91 Å². The number of hydrogen-bond donors (Lipinski definition) is 0. The second-order valence-electron chi connectivity index (χ2n) is 9.02. The summed E-state index contributed by atoms with van der Waals surface area (Å²) in [4.78, 5) is 29.7. The number of rotatable bonds is 6. The molecule has 0 aliphatic carbocycles. The van der Waals surface area contributed by atoms with Crippen LogP contribution in [0.4, 0.5) is 5.69 Å². The van der Waals surface area contributed by atoms with E-state index in [0.717, 1.165) is 41.9 Å². The molecule has 0 saturated carbocycles. The number of amides is 1. The van der Waals surface area contributed by atoms with E-state index in [1.54, 1.807) is 29.2 Å². The van der Waals surface area contributed by atoms with Crippen molar-refractivity contribution >= 4 is 40.6 Å². The van der Waals surface area contributed by atoms with Crippen LogP contribution in [0.3, 0.4) is 0 Å². The third kappa shape index (κ3) is 5.53. The summed E-state index contributed by atoms with van der Waals surface area (Å²) >= 11 is 12.6. The molecule has 0 spiro atoms. The quantitative estimate of drug-likeness (QED) is 0.437. The third-order valence-corrected chi connectivity index (χ3v) is 7.15. The summed E-state index contributed by atoms with van der Waals surface area (Å²) in [6.45, 7) is 3.71. The molecule has 2 aliphatic heterocycles. The third-order valence-electron chi connectivity index (χ3n) is 6.55. The maximum absolute atomic E-state index is 13.1. The van der Waals surface area contributed by atoms with Crippen LogP contribution >= 0.6 is 23.2 Å². The first-order valence-electron chi connectivity index (χ1n) is 12.0. The molecule has 0 atom stereocenters. The van der Waals surface area contributed by atoms with E-state index in [1.807, 2.05) is 24.3 Å². The molecule has 1 aromatic heterocycles. The summed E-state index contributed by atoms with van der Waals surface area (Å²) in [5.41, 5.74) is 4.46. The highest BCUT2D eigenvalue weighted by Crippen LogP contribution is 2.30. The van der Waals surface area contributed by atoms with Gasteiger partial charge >= 0.3 is 0 Å². The number of anilines is 1. The van der Waals surface area contributed by atoms with Gasteiger partial charge in [-0.15, -0.1) is 5.10 Å². The fraction of sp³-hybridized carbons (Fsp3) is 0.333. The van der Waals surface area contributed by atoms with Gasteiger partial charge in [0.05, 0.1) is 24.6 Å². The summed E-state index contributed by atoms with van der Waals surface area (Å²) in [5.74, 6) is -0.138. The summed E-state index contributed by atoms with van der Waals surface area (Å²) in [7, 11) is 0. The first-order chi connectivity index (χ1) is 17.5. The molecule has 1 saturated heterocycles. The van der Waals surface area contributed by atoms with Gasteiger partial charge in [-0.05, 0) is 60.4 Å². The van der Waals surface area contributed by atoms with Crippen molar-refractivity contribution in [1.82, 2.24) is 15.1 Å². The Morgan fingerprint density at radius 1 is 0.944 bits per heavy atom. The Hall–Kier alpha value is -3.00. The lowest BCUT2D eigenvalue weighted by Crippen LogP contribution is -2.40. The number of nitrogens with zero attached hydrogens (tertiary/aromatic N) is 4. The smallest absolute Gasteiger partial charge is 0.254 e. The van der Waals surface area contributed by atoms with Crippen molar-refractivity contribution in [3.63, 3.8) is 0 Å². The van der Waals surface area contributed by atoms with Crippen molar-refractivity contribution < 1.29 is 14.3 Å². The molecular weight excluding hydrogens is 499 g/mol. The highest BCUT2D eigenvalue weighted by molar-refractivity contribution is 6.33. The van der Waals surface area contributed by atoms with Crippen molar-refractivity contribution in [2.45, 2.75) is 25.8 Å². The maximum atomic E-state index is 13.1. The zero-order chi connectivity index (χ0) is 25.1. The average molecular weight is 525 g/mol. The summed E-state index contributed by atoms with van der Waals surface area (Å²) < 4.78 is 5.31. The lowest BCUT2D eigenvalue weighted by Gasteiger charge is -2.30. The predicted octanol–water partition coefficient (Wildman–Crippen LogP) is 4.63. The molecule has 2 aliphatic rings. The number of hydrogen-bond acceptors (Lipinski definition) is 6. The summed E-state index contributed by atoms with van der Waals surface area (Å²) in [5, 5.41) is 9.88. The Bertz CT molecular complexity index is 1280. The van der Waals surface area contributed by atoms with Gasteiger partial charge in [-0.3, -0.25) is 9.59 Å². The second kappa shape index (κ2) is 10.9. The van der Waals surface area contributed by atoms with E-state index >= 15 is 0 Å². The predicted molar refractivity (Wildman–Crippen MR) is 139 cm³/mol. The van der Waals surface area contributed by atoms with Crippen molar-refractivity contribution in [3.8, 4) is 0 Å². The van der Waals surface area contributed by atoms with Crippen LogP contribution in [-0.4, -0.2) is 59.6 Å². The van der Waals surface area contributed by atoms with Crippen LogP contribution in [-0.2, 0) is 24.1 Å². The summed E-state index contributed by atoms with van der Waals surface area (Å²) in [6, 6.07) is 14.5. The lowest BCUT2D eigenvalue weighted by atomic mass is 10.0. The number of aryl methyl sites for hydroxylation is 1. The van der Waals surface area contributed by atoms with Gasteiger partial charge < -0.3 is 14.5 Å². The number of carbonyl (C=O) groups is 2. The lowest BCUT2D eigenvalue weighted by molar-refractivity contribution is 0.0303. The van der Waals surface area contributed by atoms with Crippen LogP contribution in [0, 0.1) is 0 Å².